The van der Waals surface area contributed by atoms with Crippen LogP contribution in [0.25, 0.3) is 0 Å². The van der Waals surface area contributed by atoms with Crippen LogP contribution >= 0.6 is 11.6 Å². The molecule has 0 aliphatic rings. The molecule has 120 valence electrons. The second kappa shape index (κ2) is 7.74. The van der Waals surface area contributed by atoms with E-state index in [9.17, 15) is 14.0 Å². The molecule has 0 aliphatic carbocycles. The number of para-hydroxylation sites is 1. The smallest absolute Gasteiger partial charge is 0.311 e. The van der Waals surface area contributed by atoms with Crippen LogP contribution in [0, 0.1) is 12.7 Å². The van der Waals surface area contributed by atoms with Crippen LogP contribution in [-0.2, 0) is 9.59 Å². The summed E-state index contributed by atoms with van der Waals surface area (Å²) >= 11 is 5.88. The number of halogens is 2. The number of esters is 2. The van der Waals surface area contributed by atoms with Gasteiger partial charge in [0.05, 0.1) is 12.8 Å². The molecule has 0 unspecified atom stereocenters. The van der Waals surface area contributed by atoms with Gasteiger partial charge in [0.15, 0.2) is 11.6 Å². The van der Waals surface area contributed by atoms with Crippen LogP contribution in [-0.4, -0.2) is 11.9 Å². The van der Waals surface area contributed by atoms with E-state index >= 15 is 0 Å². The lowest BCUT2D eigenvalue weighted by Crippen LogP contribution is -2.14. The number of ether oxygens (including phenoxy) is 2. The number of carbonyl (C=O) groups is 2. The van der Waals surface area contributed by atoms with Gasteiger partial charge in [0, 0.05) is 5.02 Å². The van der Waals surface area contributed by atoms with Gasteiger partial charge in [-0.25, -0.2) is 4.39 Å². The highest BCUT2D eigenvalue weighted by Gasteiger charge is 2.13. The van der Waals surface area contributed by atoms with Gasteiger partial charge in [0.25, 0.3) is 0 Å². The molecule has 0 bridgehead atoms. The third-order valence-electron chi connectivity index (χ3n) is 2.95. The molecule has 0 N–H and O–H groups in total. The van der Waals surface area contributed by atoms with Gasteiger partial charge in [-0.3, -0.25) is 9.59 Å². The fourth-order valence-electron chi connectivity index (χ4n) is 1.77. The van der Waals surface area contributed by atoms with E-state index in [-0.39, 0.29) is 18.6 Å². The Balaban J connectivity index is 1.83. The molecule has 0 saturated carbocycles. The zero-order valence-corrected chi connectivity index (χ0v) is 13.1. The Kier molecular flexibility index (Phi) is 5.71. The Morgan fingerprint density at radius 1 is 1.04 bits per heavy atom. The predicted molar refractivity (Wildman–Crippen MR) is 83.1 cm³/mol. The van der Waals surface area contributed by atoms with E-state index in [4.69, 9.17) is 21.1 Å². The molecule has 0 spiro atoms. The zero-order valence-electron chi connectivity index (χ0n) is 12.3. The fourth-order valence-corrected chi connectivity index (χ4v) is 1.89. The molecule has 0 heterocycles. The number of hydrogen-bond acceptors (Lipinski definition) is 4. The van der Waals surface area contributed by atoms with Crippen LogP contribution in [0.5, 0.6) is 11.5 Å². The topological polar surface area (TPSA) is 52.6 Å². The quantitative estimate of drug-likeness (QED) is 0.610. The van der Waals surface area contributed by atoms with Gasteiger partial charge in [0.2, 0.25) is 0 Å². The van der Waals surface area contributed by atoms with Gasteiger partial charge in [-0.05, 0) is 42.8 Å². The van der Waals surface area contributed by atoms with Crippen LogP contribution in [0.1, 0.15) is 18.4 Å². The number of rotatable bonds is 5. The number of benzene rings is 2. The molecular weight excluding hydrogens is 323 g/mol. The first-order valence-corrected chi connectivity index (χ1v) is 7.25. The minimum Gasteiger partial charge on any atom is -0.427 e. The van der Waals surface area contributed by atoms with Crippen molar-refractivity contribution < 1.29 is 23.5 Å². The minimum atomic E-state index is -0.709. The van der Waals surface area contributed by atoms with Crippen LogP contribution in [0.15, 0.2) is 42.5 Å². The van der Waals surface area contributed by atoms with Gasteiger partial charge in [-0.1, -0.05) is 23.7 Å². The Morgan fingerprint density at radius 3 is 2.35 bits per heavy atom. The maximum Gasteiger partial charge on any atom is 0.311 e. The van der Waals surface area contributed by atoms with Crippen molar-refractivity contribution in [3.63, 3.8) is 0 Å². The summed E-state index contributed by atoms with van der Waals surface area (Å²) in [6.07, 6.45) is -0.380. The zero-order chi connectivity index (χ0) is 16.8. The van der Waals surface area contributed by atoms with Gasteiger partial charge < -0.3 is 9.47 Å². The lowest BCUT2D eigenvalue weighted by molar-refractivity contribution is -0.140. The highest BCUT2D eigenvalue weighted by atomic mass is 35.5. The first kappa shape index (κ1) is 17.0. The van der Waals surface area contributed by atoms with E-state index in [2.05, 4.69) is 0 Å². The van der Waals surface area contributed by atoms with Crippen molar-refractivity contribution in [1.82, 2.24) is 0 Å². The molecule has 2 aromatic carbocycles. The van der Waals surface area contributed by atoms with E-state index in [0.29, 0.717) is 10.8 Å². The molecule has 0 radical (unpaired) electrons. The van der Waals surface area contributed by atoms with Crippen molar-refractivity contribution in [2.45, 2.75) is 19.8 Å². The van der Waals surface area contributed by atoms with Crippen molar-refractivity contribution in [1.29, 1.82) is 0 Å². The second-order valence-corrected chi connectivity index (χ2v) is 5.20. The normalized spacial score (nSPS) is 10.2. The third kappa shape index (κ3) is 5.07. The maximum atomic E-state index is 13.3. The summed E-state index contributed by atoms with van der Waals surface area (Å²) in [5, 5.41) is 0.568. The summed E-state index contributed by atoms with van der Waals surface area (Å²) in [6, 6.07) is 10.3. The minimum absolute atomic E-state index is 0.167. The Bertz CT molecular complexity index is 730. The lowest BCUT2D eigenvalue weighted by Gasteiger charge is -2.07. The van der Waals surface area contributed by atoms with Crippen molar-refractivity contribution >= 4 is 23.5 Å². The molecule has 0 atom stereocenters. The first-order valence-electron chi connectivity index (χ1n) is 6.88. The highest BCUT2D eigenvalue weighted by Crippen LogP contribution is 2.21. The standard InChI is InChI=1S/C17H14ClFO4/c1-11-10-12(6-7-13(11)18)22-16(20)8-9-17(21)23-15-5-3-2-4-14(15)19/h2-7,10H,8-9H2,1H3. The van der Waals surface area contributed by atoms with Gasteiger partial charge >= 0.3 is 11.9 Å². The van der Waals surface area contributed by atoms with Gasteiger partial charge in [-0.2, -0.15) is 0 Å². The third-order valence-corrected chi connectivity index (χ3v) is 3.38. The summed E-state index contributed by atoms with van der Waals surface area (Å²) < 4.78 is 23.3. The Hall–Kier alpha value is -2.40. The summed E-state index contributed by atoms with van der Waals surface area (Å²) in [5.74, 6) is -1.75. The monoisotopic (exact) mass is 336 g/mol. The Labute approximate surface area is 137 Å². The average molecular weight is 337 g/mol. The van der Waals surface area contributed by atoms with Gasteiger partial charge in [-0.15, -0.1) is 0 Å². The van der Waals surface area contributed by atoms with Crippen LogP contribution in [0.2, 0.25) is 5.02 Å². The summed E-state index contributed by atoms with van der Waals surface area (Å²) in [5.41, 5.74) is 0.774. The van der Waals surface area contributed by atoms with Crippen LogP contribution in [0.4, 0.5) is 4.39 Å². The van der Waals surface area contributed by atoms with Crippen LogP contribution < -0.4 is 9.47 Å². The molecule has 4 nitrogen and oxygen atoms in total. The lowest BCUT2D eigenvalue weighted by atomic mass is 10.2. The Morgan fingerprint density at radius 2 is 1.70 bits per heavy atom. The molecule has 6 heteroatoms. The number of hydrogen-bond donors (Lipinski definition) is 0. The molecule has 2 aromatic rings. The van der Waals surface area contributed by atoms with E-state index in [1.54, 1.807) is 31.2 Å². The molecule has 0 aromatic heterocycles. The number of aryl methyl sites for hydroxylation is 1. The fraction of sp³-hybridized carbons (Fsp3) is 0.176. The first-order chi connectivity index (χ1) is 11.0. The summed E-state index contributed by atoms with van der Waals surface area (Å²) in [4.78, 5) is 23.3. The average Bonchev–Trinajstić information content (AvgIpc) is 2.51. The van der Waals surface area contributed by atoms with Gasteiger partial charge in [0.1, 0.15) is 5.75 Å². The molecule has 2 rings (SSSR count). The SMILES string of the molecule is Cc1cc(OC(=O)CCC(=O)Oc2ccccc2F)ccc1Cl. The molecule has 0 saturated heterocycles. The molecular formula is C17H14ClFO4. The highest BCUT2D eigenvalue weighted by molar-refractivity contribution is 6.31. The molecule has 0 fully saturated rings. The number of carbonyl (C=O) groups excluding carboxylic acids is 2. The van der Waals surface area contributed by atoms with Crippen molar-refractivity contribution in [3.8, 4) is 11.5 Å². The maximum absolute atomic E-state index is 13.3. The van der Waals surface area contributed by atoms with Crippen molar-refractivity contribution in [2.24, 2.45) is 0 Å². The molecule has 0 amide bonds. The largest absolute Gasteiger partial charge is 0.427 e. The van der Waals surface area contributed by atoms with Crippen molar-refractivity contribution in [2.75, 3.05) is 0 Å². The summed E-state index contributed by atoms with van der Waals surface area (Å²) in [6.45, 7) is 1.78. The molecule has 0 aliphatic heterocycles. The second-order valence-electron chi connectivity index (χ2n) is 4.79. The molecule has 23 heavy (non-hydrogen) atoms. The van der Waals surface area contributed by atoms with Crippen LogP contribution in [0.3, 0.4) is 0 Å². The van der Waals surface area contributed by atoms with E-state index in [1.807, 2.05) is 0 Å². The van der Waals surface area contributed by atoms with Crippen molar-refractivity contribution in [3.05, 3.63) is 58.9 Å². The van der Waals surface area contributed by atoms with E-state index in [1.165, 1.54) is 18.2 Å². The van der Waals surface area contributed by atoms with E-state index < -0.39 is 17.8 Å². The predicted octanol–water partition coefficient (Wildman–Crippen LogP) is 4.08. The summed E-state index contributed by atoms with van der Waals surface area (Å²) in [7, 11) is 0. The van der Waals surface area contributed by atoms with E-state index in [0.717, 1.165) is 5.56 Å².